The van der Waals surface area contributed by atoms with E-state index < -0.39 is 10.0 Å². The van der Waals surface area contributed by atoms with Crippen LogP contribution in [0.1, 0.15) is 22.3 Å². The first-order valence-corrected chi connectivity index (χ1v) is 12.8. The van der Waals surface area contributed by atoms with Crippen LogP contribution in [-0.2, 0) is 21.2 Å². The van der Waals surface area contributed by atoms with Crippen LogP contribution in [-0.4, -0.2) is 25.8 Å². The number of nitrogens with two attached hydrogens (primary N) is 1. The van der Waals surface area contributed by atoms with Crippen LogP contribution in [0.3, 0.4) is 0 Å². The SMILES string of the molecule is Cc1cc(C2=C/C(=C\c3ccc(Cl)cc3)C(=O)N2CCc2ccc(S(N)(=O)=O)cc2)ccc1Cl. The first-order chi connectivity index (χ1) is 16.1. The maximum absolute atomic E-state index is 13.4. The average Bonchev–Trinajstić information content (AvgIpc) is 3.10. The van der Waals surface area contributed by atoms with Crippen LogP contribution in [0.5, 0.6) is 0 Å². The number of amides is 1. The Hall–Kier alpha value is -2.90. The van der Waals surface area contributed by atoms with Crippen molar-refractivity contribution in [2.75, 3.05) is 6.54 Å². The van der Waals surface area contributed by atoms with E-state index in [0.29, 0.717) is 28.6 Å². The second kappa shape index (κ2) is 9.76. The Morgan fingerprint density at radius 2 is 1.65 bits per heavy atom. The molecule has 1 heterocycles. The molecule has 8 heteroatoms. The summed E-state index contributed by atoms with van der Waals surface area (Å²) in [5, 5.41) is 6.47. The van der Waals surface area contributed by atoms with Crippen molar-refractivity contribution in [1.82, 2.24) is 4.90 Å². The third-order valence-electron chi connectivity index (χ3n) is 5.60. The molecule has 0 saturated carbocycles. The van der Waals surface area contributed by atoms with Crippen LogP contribution in [0.25, 0.3) is 11.8 Å². The average molecular weight is 513 g/mol. The number of benzene rings is 3. The molecule has 0 aliphatic carbocycles. The summed E-state index contributed by atoms with van der Waals surface area (Å²) >= 11 is 12.2. The maximum Gasteiger partial charge on any atom is 0.258 e. The van der Waals surface area contributed by atoms with Gasteiger partial charge in [0.05, 0.1) is 10.6 Å². The van der Waals surface area contributed by atoms with E-state index in [4.69, 9.17) is 28.3 Å². The summed E-state index contributed by atoms with van der Waals surface area (Å²) in [6.07, 6.45) is 4.25. The number of rotatable bonds is 6. The van der Waals surface area contributed by atoms with Crippen molar-refractivity contribution in [1.29, 1.82) is 0 Å². The fourth-order valence-corrected chi connectivity index (χ4v) is 4.51. The number of halogens is 2. The molecule has 0 atom stereocenters. The van der Waals surface area contributed by atoms with Gasteiger partial charge in [-0.1, -0.05) is 53.5 Å². The third-order valence-corrected chi connectivity index (χ3v) is 7.20. The van der Waals surface area contributed by atoms with E-state index in [-0.39, 0.29) is 10.8 Å². The van der Waals surface area contributed by atoms with E-state index in [0.717, 1.165) is 28.0 Å². The highest BCUT2D eigenvalue weighted by atomic mass is 35.5. The van der Waals surface area contributed by atoms with Crippen molar-refractivity contribution in [3.8, 4) is 0 Å². The number of hydrogen-bond acceptors (Lipinski definition) is 3. The molecule has 0 radical (unpaired) electrons. The minimum absolute atomic E-state index is 0.0545. The van der Waals surface area contributed by atoms with Crippen molar-refractivity contribution < 1.29 is 13.2 Å². The number of nitrogens with zero attached hydrogens (tertiary/aromatic N) is 1. The summed E-state index contributed by atoms with van der Waals surface area (Å²) in [4.78, 5) is 15.2. The Balaban J connectivity index is 1.64. The minimum atomic E-state index is -3.75. The summed E-state index contributed by atoms with van der Waals surface area (Å²) in [6, 6.07) is 19.3. The van der Waals surface area contributed by atoms with E-state index in [9.17, 15) is 13.2 Å². The second-order valence-electron chi connectivity index (χ2n) is 8.04. The van der Waals surface area contributed by atoms with Gasteiger partial charge in [-0.25, -0.2) is 13.6 Å². The first kappa shape index (κ1) is 24.2. The number of carbonyl (C=O) groups excluding carboxylic acids is 1. The van der Waals surface area contributed by atoms with E-state index in [1.165, 1.54) is 12.1 Å². The molecule has 4 rings (SSSR count). The lowest BCUT2D eigenvalue weighted by molar-refractivity contribution is -0.122. The third kappa shape index (κ3) is 5.42. The molecule has 0 fully saturated rings. The summed E-state index contributed by atoms with van der Waals surface area (Å²) < 4.78 is 23.0. The Bertz CT molecular complexity index is 1410. The highest BCUT2D eigenvalue weighted by Gasteiger charge is 2.29. The molecule has 1 amide bonds. The molecule has 0 spiro atoms. The molecule has 0 bridgehead atoms. The van der Waals surface area contributed by atoms with E-state index in [1.807, 2.05) is 49.4 Å². The molecule has 2 N–H and O–H groups in total. The summed E-state index contributed by atoms with van der Waals surface area (Å²) in [5.74, 6) is -0.112. The van der Waals surface area contributed by atoms with Crippen molar-refractivity contribution >= 4 is 50.9 Å². The fourth-order valence-electron chi connectivity index (χ4n) is 3.75. The fraction of sp³-hybridized carbons (Fsp3) is 0.115. The molecule has 1 aliphatic heterocycles. The number of primary sulfonamides is 1. The highest BCUT2D eigenvalue weighted by Crippen LogP contribution is 2.32. The Morgan fingerprint density at radius 3 is 2.26 bits per heavy atom. The van der Waals surface area contributed by atoms with Crippen molar-refractivity contribution in [3.05, 3.63) is 111 Å². The second-order valence-corrected chi connectivity index (χ2v) is 10.4. The van der Waals surface area contributed by atoms with E-state index in [2.05, 4.69) is 0 Å². The Kier molecular flexibility index (Phi) is 6.96. The van der Waals surface area contributed by atoms with Gasteiger partial charge in [-0.2, -0.15) is 0 Å². The Labute approximate surface area is 209 Å². The van der Waals surface area contributed by atoms with Crippen LogP contribution in [0.15, 0.2) is 83.3 Å². The van der Waals surface area contributed by atoms with Gasteiger partial charge in [-0.3, -0.25) is 4.79 Å². The standard InChI is InChI=1S/C26H22Cl2N2O3S/c1-17-14-20(6-11-24(17)28)25-16-21(15-19-2-7-22(27)8-3-19)26(31)30(25)13-12-18-4-9-23(10-5-18)34(29,32)33/h2-11,14-16H,12-13H2,1H3,(H2,29,32,33)/b21-15+. The zero-order valence-electron chi connectivity index (χ0n) is 18.3. The van der Waals surface area contributed by atoms with Gasteiger partial charge >= 0.3 is 0 Å². The molecule has 5 nitrogen and oxygen atoms in total. The van der Waals surface area contributed by atoms with Crippen molar-refractivity contribution in [2.24, 2.45) is 5.14 Å². The topological polar surface area (TPSA) is 80.5 Å². The Morgan fingerprint density at radius 1 is 0.971 bits per heavy atom. The number of carbonyl (C=O) groups is 1. The first-order valence-electron chi connectivity index (χ1n) is 10.5. The zero-order valence-corrected chi connectivity index (χ0v) is 20.7. The number of hydrogen-bond donors (Lipinski definition) is 1. The van der Waals surface area contributed by atoms with Crippen LogP contribution >= 0.6 is 23.2 Å². The number of aryl methyl sites for hydroxylation is 1. The highest BCUT2D eigenvalue weighted by molar-refractivity contribution is 7.89. The largest absolute Gasteiger partial charge is 0.307 e. The van der Waals surface area contributed by atoms with Gasteiger partial charge in [0, 0.05) is 22.2 Å². The number of sulfonamides is 1. The van der Waals surface area contributed by atoms with Gasteiger partial charge < -0.3 is 4.90 Å². The van der Waals surface area contributed by atoms with Gasteiger partial charge in [0.25, 0.3) is 5.91 Å². The molecule has 174 valence electrons. The quantitative estimate of drug-likeness (QED) is 0.445. The van der Waals surface area contributed by atoms with E-state index >= 15 is 0 Å². The molecule has 0 aromatic heterocycles. The lowest BCUT2D eigenvalue weighted by Gasteiger charge is -2.21. The van der Waals surface area contributed by atoms with Crippen molar-refractivity contribution in [2.45, 2.75) is 18.2 Å². The monoisotopic (exact) mass is 512 g/mol. The summed E-state index contributed by atoms with van der Waals surface area (Å²) in [7, 11) is -3.75. The lowest BCUT2D eigenvalue weighted by Crippen LogP contribution is -2.27. The zero-order chi connectivity index (χ0) is 24.5. The summed E-state index contributed by atoms with van der Waals surface area (Å²) in [5.41, 5.74) is 4.92. The van der Waals surface area contributed by atoms with Gasteiger partial charge in [0.15, 0.2) is 0 Å². The predicted octanol–water partition coefficient (Wildman–Crippen LogP) is 5.46. The normalized spacial score (nSPS) is 15.2. The molecule has 34 heavy (non-hydrogen) atoms. The molecule has 0 saturated heterocycles. The van der Waals surface area contributed by atoms with E-state index in [1.54, 1.807) is 29.2 Å². The van der Waals surface area contributed by atoms with Crippen molar-refractivity contribution in [3.63, 3.8) is 0 Å². The molecule has 1 aliphatic rings. The van der Waals surface area contributed by atoms with Crippen LogP contribution in [0.2, 0.25) is 10.0 Å². The van der Waals surface area contributed by atoms with Gasteiger partial charge in [-0.15, -0.1) is 0 Å². The molecule has 3 aromatic rings. The maximum atomic E-state index is 13.4. The molecule has 3 aromatic carbocycles. The van der Waals surface area contributed by atoms with Crippen LogP contribution in [0, 0.1) is 6.92 Å². The minimum Gasteiger partial charge on any atom is -0.307 e. The molecule has 0 unspecified atom stereocenters. The predicted molar refractivity (Wildman–Crippen MR) is 137 cm³/mol. The van der Waals surface area contributed by atoms with Crippen LogP contribution in [0.4, 0.5) is 0 Å². The lowest BCUT2D eigenvalue weighted by atomic mass is 10.1. The summed E-state index contributed by atoms with van der Waals surface area (Å²) in [6.45, 7) is 2.34. The van der Waals surface area contributed by atoms with Crippen LogP contribution < -0.4 is 5.14 Å². The molecular weight excluding hydrogens is 491 g/mol. The smallest absolute Gasteiger partial charge is 0.258 e. The molecular formula is C26H22Cl2N2O3S. The van der Waals surface area contributed by atoms with Gasteiger partial charge in [0.1, 0.15) is 0 Å². The van der Waals surface area contributed by atoms with Gasteiger partial charge in [0.2, 0.25) is 10.0 Å². The van der Waals surface area contributed by atoms with Gasteiger partial charge in [-0.05, 0) is 84.1 Å².